The highest BCUT2D eigenvalue weighted by Crippen LogP contribution is 2.34. The van der Waals surface area contributed by atoms with Crippen LogP contribution in [0.15, 0.2) is 53.4 Å². The van der Waals surface area contributed by atoms with Crippen LogP contribution in [0.25, 0.3) is 0 Å². The predicted molar refractivity (Wildman–Crippen MR) is 111 cm³/mol. The summed E-state index contributed by atoms with van der Waals surface area (Å²) < 4.78 is 66.6. The van der Waals surface area contributed by atoms with Gasteiger partial charge in [-0.2, -0.15) is 17.9 Å². The molecule has 0 bridgehead atoms. The lowest BCUT2D eigenvalue weighted by Gasteiger charge is -2.22. The number of halogens is 3. The second-order valence-corrected chi connectivity index (χ2v) is 9.06. The van der Waals surface area contributed by atoms with Crippen molar-refractivity contribution in [3.05, 3.63) is 59.7 Å². The van der Waals surface area contributed by atoms with Crippen molar-refractivity contribution in [3.8, 4) is 0 Å². The average Bonchev–Trinajstić information content (AvgIpc) is 3.26. The van der Waals surface area contributed by atoms with Gasteiger partial charge in [0.2, 0.25) is 15.9 Å². The maximum Gasteiger partial charge on any atom is 0.417 e. The van der Waals surface area contributed by atoms with Crippen molar-refractivity contribution in [2.75, 3.05) is 18.0 Å². The van der Waals surface area contributed by atoms with E-state index in [0.29, 0.717) is 6.07 Å². The molecule has 1 aliphatic rings. The molecule has 1 aliphatic heterocycles. The van der Waals surface area contributed by atoms with Crippen LogP contribution < -0.4 is 14.9 Å². The number of carbonyl (C=O) groups excluding carboxylic acids is 1. The minimum absolute atomic E-state index is 0.177. The van der Waals surface area contributed by atoms with E-state index in [0.717, 1.165) is 49.3 Å². The Morgan fingerprint density at radius 2 is 1.68 bits per heavy atom. The van der Waals surface area contributed by atoms with Crippen LogP contribution in [-0.4, -0.2) is 33.5 Å². The van der Waals surface area contributed by atoms with Gasteiger partial charge in [-0.05, 0) is 43.5 Å². The van der Waals surface area contributed by atoms with E-state index >= 15 is 0 Å². The third-order valence-electron chi connectivity index (χ3n) is 5.10. The molecule has 1 heterocycles. The predicted octanol–water partition coefficient (Wildman–Crippen LogP) is 3.29. The molecule has 3 rings (SSSR count). The zero-order valence-corrected chi connectivity index (χ0v) is 17.8. The summed E-state index contributed by atoms with van der Waals surface area (Å²) >= 11 is 0. The molecule has 168 valence electrons. The monoisotopic (exact) mass is 455 g/mol. The Morgan fingerprint density at radius 3 is 2.35 bits per heavy atom. The summed E-state index contributed by atoms with van der Waals surface area (Å²) in [5.41, 5.74) is 0.609. The molecule has 0 aromatic heterocycles. The van der Waals surface area contributed by atoms with Crippen molar-refractivity contribution in [3.63, 3.8) is 0 Å². The van der Waals surface area contributed by atoms with Crippen LogP contribution in [0.4, 0.5) is 18.9 Å². The Morgan fingerprint density at radius 1 is 1.06 bits per heavy atom. The first-order valence-electron chi connectivity index (χ1n) is 9.89. The third-order valence-corrected chi connectivity index (χ3v) is 6.70. The summed E-state index contributed by atoms with van der Waals surface area (Å²) in [6.45, 7) is 3.33. The molecule has 0 radical (unpaired) electrons. The average molecular weight is 456 g/mol. The summed E-state index contributed by atoms with van der Waals surface area (Å²) in [5, 5.41) is 2.67. The molecule has 0 unspecified atom stereocenters. The Kier molecular flexibility index (Phi) is 6.90. The van der Waals surface area contributed by atoms with Gasteiger partial charge in [0, 0.05) is 25.3 Å². The van der Waals surface area contributed by atoms with Crippen molar-refractivity contribution in [1.82, 2.24) is 10.0 Å². The third kappa shape index (κ3) is 5.56. The fraction of sp³-hybridized carbons (Fsp3) is 0.381. The van der Waals surface area contributed by atoms with Crippen LogP contribution in [0.5, 0.6) is 0 Å². The molecule has 1 saturated heterocycles. The maximum absolute atomic E-state index is 13.2. The summed E-state index contributed by atoms with van der Waals surface area (Å²) in [7, 11) is -4.56. The molecule has 1 atom stereocenters. The van der Waals surface area contributed by atoms with Crippen LogP contribution in [0, 0.1) is 0 Å². The van der Waals surface area contributed by atoms with Crippen LogP contribution in [0.3, 0.4) is 0 Å². The van der Waals surface area contributed by atoms with Crippen LogP contribution in [0.1, 0.15) is 30.9 Å². The molecule has 0 saturated carbocycles. The summed E-state index contributed by atoms with van der Waals surface area (Å²) in [5.74, 6) is -0.635. The maximum atomic E-state index is 13.2. The first-order valence-corrected chi connectivity index (χ1v) is 11.4. The van der Waals surface area contributed by atoms with Crippen molar-refractivity contribution >= 4 is 21.6 Å². The number of hydrogen-bond donors (Lipinski definition) is 2. The number of para-hydroxylation sites is 1. The van der Waals surface area contributed by atoms with Gasteiger partial charge in [0.25, 0.3) is 0 Å². The molecule has 6 nitrogen and oxygen atoms in total. The smallest absolute Gasteiger partial charge is 0.371 e. The zero-order valence-electron chi connectivity index (χ0n) is 16.9. The number of benzene rings is 2. The van der Waals surface area contributed by atoms with Crippen molar-refractivity contribution < 1.29 is 26.4 Å². The Labute approximate surface area is 179 Å². The number of rotatable bonds is 7. The van der Waals surface area contributed by atoms with Crippen LogP contribution >= 0.6 is 0 Å². The van der Waals surface area contributed by atoms with Gasteiger partial charge >= 0.3 is 6.18 Å². The molecular formula is C21H24F3N3O3S. The highest BCUT2D eigenvalue weighted by Gasteiger charge is 2.37. The molecule has 0 aliphatic carbocycles. The van der Waals surface area contributed by atoms with Crippen LogP contribution in [0.2, 0.25) is 0 Å². The standard InChI is InChI=1S/C21H24F3N3O3S/c1-15(26-31(29,30)19-11-5-3-9-17(19)21(22,23)24)20(28)25-14-16-8-2-4-10-18(16)27-12-6-7-13-27/h2-5,8-11,15,26H,6-7,12-14H2,1H3,(H,25,28)/t15-/m0/s1. The van der Waals surface area contributed by atoms with E-state index in [9.17, 15) is 26.4 Å². The van der Waals surface area contributed by atoms with E-state index in [4.69, 9.17) is 0 Å². The van der Waals surface area contributed by atoms with Gasteiger partial charge in [0.1, 0.15) is 0 Å². The van der Waals surface area contributed by atoms with E-state index in [1.807, 2.05) is 29.0 Å². The second kappa shape index (κ2) is 9.27. The molecule has 2 N–H and O–H groups in total. The number of anilines is 1. The number of nitrogens with one attached hydrogen (secondary N) is 2. The SMILES string of the molecule is C[C@H](NS(=O)(=O)c1ccccc1C(F)(F)F)C(=O)NCc1ccccc1N1CCCC1. The van der Waals surface area contributed by atoms with Gasteiger partial charge < -0.3 is 10.2 Å². The zero-order chi connectivity index (χ0) is 22.6. The lowest BCUT2D eigenvalue weighted by molar-refractivity contribution is -0.139. The first kappa shape index (κ1) is 23.1. The minimum atomic E-state index is -4.84. The molecule has 2 aromatic rings. The Bertz CT molecular complexity index is 1040. The summed E-state index contributed by atoms with van der Waals surface area (Å²) in [6.07, 6.45) is -2.64. The Balaban J connectivity index is 1.68. The van der Waals surface area contributed by atoms with E-state index in [-0.39, 0.29) is 6.54 Å². The van der Waals surface area contributed by atoms with Gasteiger partial charge in [0.15, 0.2) is 0 Å². The van der Waals surface area contributed by atoms with Crippen molar-refractivity contribution in [2.24, 2.45) is 0 Å². The molecule has 1 fully saturated rings. The Hall–Kier alpha value is -2.59. The number of carbonyl (C=O) groups is 1. The van der Waals surface area contributed by atoms with E-state index in [2.05, 4.69) is 10.2 Å². The van der Waals surface area contributed by atoms with Crippen molar-refractivity contribution in [1.29, 1.82) is 0 Å². The number of amides is 1. The highest BCUT2D eigenvalue weighted by atomic mass is 32.2. The first-order chi connectivity index (χ1) is 14.6. The molecule has 31 heavy (non-hydrogen) atoms. The molecule has 0 spiro atoms. The number of alkyl halides is 3. The highest BCUT2D eigenvalue weighted by molar-refractivity contribution is 7.89. The number of nitrogens with zero attached hydrogens (tertiary/aromatic N) is 1. The molecule has 1 amide bonds. The molecular weight excluding hydrogens is 431 g/mol. The van der Waals surface area contributed by atoms with Gasteiger partial charge in [-0.15, -0.1) is 0 Å². The topological polar surface area (TPSA) is 78.5 Å². The van der Waals surface area contributed by atoms with E-state index < -0.39 is 38.6 Å². The van der Waals surface area contributed by atoms with Gasteiger partial charge in [-0.3, -0.25) is 4.79 Å². The minimum Gasteiger partial charge on any atom is -0.371 e. The van der Waals surface area contributed by atoms with Gasteiger partial charge in [0.05, 0.1) is 16.5 Å². The fourth-order valence-electron chi connectivity index (χ4n) is 3.55. The molecule has 10 heteroatoms. The number of hydrogen-bond acceptors (Lipinski definition) is 4. The molecule has 2 aromatic carbocycles. The lowest BCUT2D eigenvalue weighted by atomic mass is 10.1. The van der Waals surface area contributed by atoms with E-state index in [1.54, 1.807) is 0 Å². The lowest BCUT2D eigenvalue weighted by Crippen LogP contribution is -2.44. The quantitative estimate of drug-likeness (QED) is 0.672. The second-order valence-electron chi connectivity index (χ2n) is 7.38. The van der Waals surface area contributed by atoms with E-state index in [1.165, 1.54) is 13.0 Å². The summed E-state index contributed by atoms with van der Waals surface area (Å²) in [6, 6.07) is 10.2. The van der Waals surface area contributed by atoms with Crippen molar-refractivity contribution in [2.45, 2.75) is 43.4 Å². The van der Waals surface area contributed by atoms with Gasteiger partial charge in [-0.1, -0.05) is 30.3 Å². The van der Waals surface area contributed by atoms with Crippen LogP contribution in [-0.2, 0) is 27.5 Å². The summed E-state index contributed by atoms with van der Waals surface area (Å²) in [4.78, 5) is 13.8. The van der Waals surface area contributed by atoms with Gasteiger partial charge in [-0.25, -0.2) is 8.42 Å². The largest absolute Gasteiger partial charge is 0.417 e. The normalized spacial score (nSPS) is 15.7. The number of sulfonamides is 1. The fourth-order valence-corrected chi connectivity index (χ4v) is 4.98.